The van der Waals surface area contributed by atoms with Crippen LogP contribution in [0.5, 0.6) is 0 Å². The predicted molar refractivity (Wildman–Crippen MR) is 269 cm³/mol. The SMILES string of the molecule is C=C/C=C\c1oc2ccc(C3=C/C(=C)C(=C)/C=C\C=C/N(c4ccccc4)/C=C\3)cc2c1Nc1cccc2c1-c1ccccc1C2(C)C.CC1(C)c2ccccc2-c2ccccc21. The molecule has 0 radical (unpaired) electrons. The maximum absolute atomic E-state index is 6.46. The molecule has 0 atom stereocenters. The van der Waals surface area contributed by atoms with Crippen LogP contribution in [0.3, 0.4) is 0 Å². The standard InChI is InChI=1S/C45H38N2O.C15H14/c1-6-7-23-42-44(46-40-22-15-21-39-43(40)36-19-11-12-20-38(36)45(39,4)5)37-30-33(24-25-41(37)48-42)34-26-28-47(35-17-9-8-10-18-35)27-14-13-16-31(2)32(3)29-34;1-15(2)13-9-5-3-7-11(13)12-8-4-6-10-14(12)15/h6-30,46H,1-3H2,4-5H3;3-10H,1-2H3/b16-13-,23-7-,27-14-,28-26-,34-29+;. The van der Waals surface area contributed by atoms with Gasteiger partial charge in [-0.3, -0.25) is 0 Å². The summed E-state index contributed by atoms with van der Waals surface area (Å²) in [5.74, 6) is 0.737. The summed E-state index contributed by atoms with van der Waals surface area (Å²) < 4.78 is 6.46. The highest BCUT2D eigenvalue weighted by Gasteiger charge is 2.37. The number of para-hydroxylation sites is 1. The first kappa shape index (κ1) is 40.8. The van der Waals surface area contributed by atoms with Crippen molar-refractivity contribution in [1.82, 2.24) is 0 Å². The lowest BCUT2D eigenvalue weighted by Crippen LogP contribution is -2.14. The topological polar surface area (TPSA) is 28.4 Å². The molecule has 3 aliphatic rings. The van der Waals surface area contributed by atoms with Gasteiger partial charge in [0, 0.05) is 45.6 Å². The number of hydrogen-bond acceptors (Lipinski definition) is 3. The Morgan fingerprint density at radius 1 is 0.603 bits per heavy atom. The normalized spacial score (nSPS) is 17.8. The van der Waals surface area contributed by atoms with E-state index in [1.807, 2.05) is 60.8 Å². The van der Waals surface area contributed by atoms with Crippen LogP contribution in [0.15, 0.2) is 230 Å². The number of hydrogen-bond donors (Lipinski definition) is 1. The van der Waals surface area contributed by atoms with E-state index < -0.39 is 0 Å². The van der Waals surface area contributed by atoms with E-state index in [1.54, 1.807) is 6.08 Å². The predicted octanol–water partition coefficient (Wildman–Crippen LogP) is 16.3. The molecule has 3 nitrogen and oxygen atoms in total. The van der Waals surface area contributed by atoms with E-state index >= 15 is 0 Å². The third-order valence-corrected chi connectivity index (χ3v) is 12.7. The Hall–Kier alpha value is -7.62. The van der Waals surface area contributed by atoms with Crippen molar-refractivity contribution in [2.45, 2.75) is 38.5 Å². The quantitative estimate of drug-likeness (QED) is 0.170. The number of nitrogens with zero attached hydrogens (tertiary/aromatic N) is 1. The first-order chi connectivity index (χ1) is 30.6. The number of benzene rings is 6. The summed E-state index contributed by atoms with van der Waals surface area (Å²) in [4.78, 5) is 2.10. The molecule has 0 bridgehead atoms. The van der Waals surface area contributed by atoms with Crippen molar-refractivity contribution >= 4 is 39.7 Å². The number of anilines is 3. The van der Waals surface area contributed by atoms with Crippen LogP contribution in [0.1, 0.15) is 61.3 Å². The Labute approximate surface area is 372 Å². The molecule has 0 unspecified atom stereocenters. The minimum atomic E-state index is -0.0985. The molecular formula is C60H52N2O. The molecule has 7 aromatic rings. The fraction of sp³-hybridized carbons (Fsp3) is 0.100. The van der Waals surface area contributed by atoms with Gasteiger partial charge in [0.25, 0.3) is 0 Å². The lowest BCUT2D eigenvalue weighted by Gasteiger charge is -2.21. The van der Waals surface area contributed by atoms with E-state index in [2.05, 4.69) is 191 Å². The van der Waals surface area contributed by atoms with E-state index in [1.165, 1.54) is 44.5 Å². The van der Waals surface area contributed by atoms with Crippen molar-refractivity contribution in [2.24, 2.45) is 0 Å². The first-order valence-electron chi connectivity index (χ1n) is 21.6. The molecule has 0 saturated carbocycles. The van der Waals surface area contributed by atoms with Crippen LogP contribution >= 0.6 is 0 Å². The van der Waals surface area contributed by atoms with Crippen LogP contribution < -0.4 is 10.2 Å². The summed E-state index contributed by atoms with van der Waals surface area (Å²) in [7, 11) is 0. The average molecular weight is 817 g/mol. The molecule has 308 valence electrons. The number of rotatable bonds is 6. The smallest absolute Gasteiger partial charge is 0.151 e. The summed E-state index contributed by atoms with van der Waals surface area (Å²) in [6, 6.07) is 49.3. The van der Waals surface area contributed by atoms with Crippen molar-refractivity contribution in [3.05, 3.63) is 259 Å². The summed E-state index contributed by atoms with van der Waals surface area (Å²) in [6.45, 7) is 21.7. The third-order valence-electron chi connectivity index (χ3n) is 12.7. The Balaban J connectivity index is 0.000000281. The highest BCUT2D eigenvalue weighted by Crippen LogP contribution is 2.52. The van der Waals surface area contributed by atoms with Gasteiger partial charge in [-0.2, -0.15) is 0 Å². The zero-order chi connectivity index (χ0) is 43.7. The van der Waals surface area contributed by atoms with Gasteiger partial charge in [-0.05, 0) is 116 Å². The van der Waals surface area contributed by atoms with Gasteiger partial charge in [-0.15, -0.1) is 0 Å². The number of nitrogens with one attached hydrogen (secondary N) is 1. The molecule has 3 heteroatoms. The van der Waals surface area contributed by atoms with Gasteiger partial charge in [0.2, 0.25) is 0 Å². The van der Waals surface area contributed by atoms with Gasteiger partial charge in [0.1, 0.15) is 5.58 Å². The molecule has 0 amide bonds. The highest BCUT2D eigenvalue weighted by molar-refractivity contribution is 6.01. The second kappa shape index (κ2) is 16.7. The molecule has 0 saturated heterocycles. The molecule has 0 spiro atoms. The summed E-state index contributed by atoms with van der Waals surface area (Å²) in [6.07, 6.45) is 19.9. The fourth-order valence-corrected chi connectivity index (χ4v) is 9.27. The maximum atomic E-state index is 6.46. The molecule has 1 aliphatic heterocycles. The Bertz CT molecular complexity index is 3040. The highest BCUT2D eigenvalue weighted by atomic mass is 16.3. The van der Waals surface area contributed by atoms with Crippen LogP contribution in [-0.2, 0) is 10.8 Å². The summed E-state index contributed by atoms with van der Waals surface area (Å²) in [5, 5.41) is 4.81. The lowest BCUT2D eigenvalue weighted by molar-refractivity contribution is 0.605. The van der Waals surface area contributed by atoms with Crippen LogP contribution in [-0.4, -0.2) is 0 Å². The second-order valence-corrected chi connectivity index (χ2v) is 17.3. The molecule has 10 rings (SSSR count). The fourth-order valence-electron chi connectivity index (χ4n) is 9.27. The first-order valence-corrected chi connectivity index (χ1v) is 21.6. The average Bonchev–Trinajstić information content (AvgIpc) is 3.85. The van der Waals surface area contributed by atoms with E-state index in [0.717, 1.165) is 56.1 Å². The number of allylic oxidation sites excluding steroid dienone is 10. The zero-order valence-electron chi connectivity index (χ0n) is 36.5. The Morgan fingerprint density at radius 3 is 1.92 bits per heavy atom. The summed E-state index contributed by atoms with van der Waals surface area (Å²) >= 11 is 0. The molecule has 2 heterocycles. The van der Waals surface area contributed by atoms with Crippen LogP contribution in [0.25, 0.3) is 44.9 Å². The van der Waals surface area contributed by atoms with Gasteiger partial charge in [-0.25, -0.2) is 0 Å². The van der Waals surface area contributed by atoms with Gasteiger partial charge >= 0.3 is 0 Å². The molecule has 1 N–H and O–H groups in total. The van der Waals surface area contributed by atoms with Gasteiger partial charge in [0.15, 0.2) is 5.76 Å². The maximum Gasteiger partial charge on any atom is 0.151 e. The minimum Gasteiger partial charge on any atom is -0.454 e. The lowest BCUT2D eigenvalue weighted by atomic mass is 9.82. The Kier molecular flexibility index (Phi) is 10.8. The monoisotopic (exact) mass is 816 g/mol. The van der Waals surface area contributed by atoms with Crippen LogP contribution in [0.4, 0.5) is 17.1 Å². The second-order valence-electron chi connectivity index (χ2n) is 17.3. The van der Waals surface area contributed by atoms with Gasteiger partial charge in [0.05, 0.1) is 5.69 Å². The van der Waals surface area contributed by atoms with Gasteiger partial charge < -0.3 is 14.6 Å². The molecule has 6 aromatic carbocycles. The number of furan rings is 1. The van der Waals surface area contributed by atoms with Crippen molar-refractivity contribution in [2.75, 3.05) is 10.2 Å². The minimum absolute atomic E-state index is 0.0985. The van der Waals surface area contributed by atoms with Crippen LogP contribution in [0, 0.1) is 0 Å². The van der Waals surface area contributed by atoms with Crippen molar-refractivity contribution < 1.29 is 4.42 Å². The molecule has 1 aromatic heterocycles. The van der Waals surface area contributed by atoms with E-state index in [0.29, 0.717) is 0 Å². The Morgan fingerprint density at radius 2 is 1.22 bits per heavy atom. The van der Waals surface area contributed by atoms with Crippen molar-refractivity contribution in [1.29, 1.82) is 0 Å². The number of fused-ring (bicyclic) bond motifs is 7. The molecular weight excluding hydrogens is 765 g/mol. The van der Waals surface area contributed by atoms with Crippen molar-refractivity contribution in [3.8, 4) is 22.3 Å². The van der Waals surface area contributed by atoms with Gasteiger partial charge in [-0.1, -0.05) is 181 Å². The third kappa shape index (κ3) is 7.57. The molecule has 0 fully saturated rings. The summed E-state index contributed by atoms with van der Waals surface area (Å²) in [5.41, 5.74) is 18.4. The van der Waals surface area contributed by atoms with E-state index in [-0.39, 0.29) is 10.8 Å². The largest absolute Gasteiger partial charge is 0.454 e. The van der Waals surface area contributed by atoms with E-state index in [9.17, 15) is 0 Å². The van der Waals surface area contributed by atoms with Crippen molar-refractivity contribution in [3.63, 3.8) is 0 Å². The van der Waals surface area contributed by atoms with E-state index in [4.69, 9.17) is 4.42 Å². The molecule has 63 heavy (non-hydrogen) atoms. The zero-order valence-corrected chi connectivity index (χ0v) is 36.5. The van der Waals surface area contributed by atoms with Crippen LogP contribution in [0.2, 0.25) is 0 Å². The molecule has 2 aliphatic carbocycles.